The molecule has 0 bridgehead atoms. The van der Waals surface area contributed by atoms with Crippen LogP contribution in [-0.2, 0) is 0 Å². The Labute approximate surface area is 160 Å². The first kappa shape index (κ1) is 20.6. The summed E-state index contributed by atoms with van der Waals surface area (Å²) < 4.78 is 0. The Morgan fingerprint density at radius 2 is 1.27 bits per heavy atom. The SMILES string of the molecule is CCCCCCCCCC(CCC)c1ccccc1-c1ccccc1O. The minimum Gasteiger partial charge on any atom is -0.507 e. The zero-order valence-corrected chi connectivity index (χ0v) is 16.7. The number of hydrogen-bond acceptors (Lipinski definition) is 1. The van der Waals surface area contributed by atoms with Crippen LogP contribution < -0.4 is 0 Å². The smallest absolute Gasteiger partial charge is 0.123 e. The molecule has 26 heavy (non-hydrogen) atoms. The van der Waals surface area contributed by atoms with Gasteiger partial charge in [0.1, 0.15) is 5.75 Å². The highest BCUT2D eigenvalue weighted by Gasteiger charge is 2.16. The molecule has 0 heterocycles. The van der Waals surface area contributed by atoms with Crippen molar-refractivity contribution in [3.05, 3.63) is 54.1 Å². The highest BCUT2D eigenvalue weighted by molar-refractivity contribution is 5.73. The molecule has 2 rings (SSSR count). The maximum atomic E-state index is 10.3. The van der Waals surface area contributed by atoms with Crippen LogP contribution in [0.2, 0.25) is 0 Å². The molecule has 0 fully saturated rings. The monoisotopic (exact) mass is 352 g/mol. The molecule has 1 N–H and O–H groups in total. The molecule has 0 radical (unpaired) electrons. The Morgan fingerprint density at radius 3 is 1.96 bits per heavy atom. The quantitative estimate of drug-likeness (QED) is 0.383. The van der Waals surface area contributed by atoms with Crippen molar-refractivity contribution >= 4 is 0 Å². The van der Waals surface area contributed by atoms with Crippen molar-refractivity contribution in [3.63, 3.8) is 0 Å². The molecule has 0 amide bonds. The molecule has 2 aromatic carbocycles. The molecule has 0 aliphatic carbocycles. The number of aromatic hydroxyl groups is 1. The number of unbranched alkanes of at least 4 members (excludes halogenated alkanes) is 6. The minimum absolute atomic E-state index is 0.381. The third kappa shape index (κ3) is 6.20. The summed E-state index contributed by atoms with van der Waals surface area (Å²) in [6.45, 7) is 4.55. The fourth-order valence-corrected chi connectivity index (χ4v) is 3.95. The van der Waals surface area contributed by atoms with E-state index in [0.717, 1.165) is 5.56 Å². The predicted molar refractivity (Wildman–Crippen MR) is 114 cm³/mol. The molecule has 0 aliphatic rings. The molecule has 0 aliphatic heterocycles. The molecule has 1 nitrogen and oxygen atoms in total. The van der Waals surface area contributed by atoms with E-state index >= 15 is 0 Å². The van der Waals surface area contributed by atoms with Crippen LogP contribution in [0.3, 0.4) is 0 Å². The minimum atomic E-state index is 0.381. The lowest BCUT2D eigenvalue weighted by Crippen LogP contribution is -2.01. The Hall–Kier alpha value is -1.76. The first-order valence-electron chi connectivity index (χ1n) is 10.6. The molecular formula is C25H36O. The van der Waals surface area contributed by atoms with Gasteiger partial charge in [-0.25, -0.2) is 0 Å². The van der Waals surface area contributed by atoms with Gasteiger partial charge in [-0.3, -0.25) is 0 Å². The lowest BCUT2D eigenvalue weighted by Gasteiger charge is -2.21. The molecule has 0 saturated heterocycles. The second kappa shape index (κ2) is 11.8. The summed E-state index contributed by atoms with van der Waals surface area (Å²) in [6, 6.07) is 16.4. The van der Waals surface area contributed by atoms with Crippen LogP contribution in [-0.4, -0.2) is 5.11 Å². The van der Waals surface area contributed by atoms with Crippen LogP contribution in [0, 0.1) is 0 Å². The number of rotatable bonds is 12. The van der Waals surface area contributed by atoms with Crippen LogP contribution in [0.4, 0.5) is 0 Å². The first-order chi connectivity index (χ1) is 12.8. The summed E-state index contributed by atoms with van der Waals surface area (Å²) in [5.74, 6) is 0.970. The van der Waals surface area contributed by atoms with Gasteiger partial charge in [0.2, 0.25) is 0 Å². The summed E-state index contributed by atoms with van der Waals surface area (Å²) in [6.07, 6.45) is 13.2. The number of hydrogen-bond donors (Lipinski definition) is 1. The Balaban J connectivity index is 2.04. The average Bonchev–Trinajstić information content (AvgIpc) is 2.67. The zero-order chi connectivity index (χ0) is 18.6. The summed E-state index contributed by atoms with van der Waals surface area (Å²) in [5.41, 5.74) is 3.57. The molecule has 1 atom stereocenters. The van der Waals surface area contributed by atoms with Crippen molar-refractivity contribution < 1.29 is 5.11 Å². The van der Waals surface area contributed by atoms with Crippen molar-refractivity contribution in [3.8, 4) is 16.9 Å². The van der Waals surface area contributed by atoms with Crippen LogP contribution in [0.25, 0.3) is 11.1 Å². The lowest BCUT2D eigenvalue weighted by molar-refractivity contribution is 0.477. The molecular weight excluding hydrogens is 316 g/mol. The molecule has 1 unspecified atom stereocenters. The Bertz CT molecular complexity index is 632. The summed E-state index contributed by atoms with van der Waals surface area (Å²) in [4.78, 5) is 0. The van der Waals surface area contributed by atoms with E-state index in [0.29, 0.717) is 11.7 Å². The van der Waals surface area contributed by atoms with Gasteiger partial charge >= 0.3 is 0 Å². The van der Waals surface area contributed by atoms with Crippen molar-refractivity contribution in [2.24, 2.45) is 0 Å². The van der Waals surface area contributed by atoms with Gasteiger partial charge in [0.05, 0.1) is 0 Å². The highest BCUT2D eigenvalue weighted by atomic mass is 16.3. The largest absolute Gasteiger partial charge is 0.507 e. The average molecular weight is 353 g/mol. The standard InChI is InChI=1S/C25H36O/c1-3-5-6-7-8-9-10-16-21(15-4-2)22-17-11-12-18-23(22)24-19-13-14-20-25(24)26/h11-14,17-21,26H,3-10,15-16H2,1-2H3. The van der Waals surface area contributed by atoms with Crippen LogP contribution in [0.15, 0.2) is 48.5 Å². The Morgan fingerprint density at radius 1 is 0.654 bits per heavy atom. The van der Waals surface area contributed by atoms with E-state index in [9.17, 15) is 5.11 Å². The number of benzene rings is 2. The normalized spacial score (nSPS) is 12.2. The fourth-order valence-electron chi connectivity index (χ4n) is 3.95. The van der Waals surface area contributed by atoms with E-state index in [1.165, 1.54) is 75.3 Å². The van der Waals surface area contributed by atoms with Crippen molar-refractivity contribution in [1.82, 2.24) is 0 Å². The van der Waals surface area contributed by atoms with E-state index < -0.39 is 0 Å². The number of phenols is 1. The number of phenolic OH excluding ortho intramolecular Hbond substituents is 1. The second-order valence-corrected chi connectivity index (χ2v) is 7.50. The van der Waals surface area contributed by atoms with Gasteiger partial charge in [-0.2, -0.15) is 0 Å². The van der Waals surface area contributed by atoms with Gasteiger partial charge in [0, 0.05) is 5.56 Å². The van der Waals surface area contributed by atoms with Gasteiger partial charge in [0.15, 0.2) is 0 Å². The van der Waals surface area contributed by atoms with Gasteiger partial charge in [-0.05, 0) is 36.0 Å². The van der Waals surface area contributed by atoms with Crippen LogP contribution >= 0.6 is 0 Å². The summed E-state index contributed by atoms with van der Waals surface area (Å²) in [5, 5.41) is 10.3. The first-order valence-corrected chi connectivity index (χ1v) is 10.6. The zero-order valence-electron chi connectivity index (χ0n) is 16.7. The third-order valence-corrected chi connectivity index (χ3v) is 5.39. The van der Waals surface area contributed by atoms with Crippen LogP contribution in [0.5, 0.6) is 5.75 Å². The van der Waals surface area contributed by atoms with Gasteiger partial charge in [-0.1, -0.05) is 108 Å². The third-order valence-electron chi connectivity index (χ3n) is 5.39. The summed E-state index contributed by atoms with van der Waals surface area (Å²) in [7, 11) is 0. The van der Waals surface area contributed by atoms with E-state index in [-0.39, 0.29) is 0 Å². The second-order valence-electron chi connectivity index (χ2n) is 7.50. The van der Waals surface area contributed by atoms with E-state index in [1.807, 2.05) is 18.2 Å². The van der Waals surface area contributed by atoms with E-state index in [4.69, 9.17) is 0 Å². The van der Waals surface area contributed by atoms with Gasteiger partial charge in [-0.15, -0.1) is 0 Å². The van der Waals surface area contributed by atoms with Crippen LogP contribution in [0.1, 0.15) is 89.5 Å². The molecule has 142 valence electrons. The summed E-state index contributed by atoms with van der Waals surface area (Å²) >= 11 is 0. The van der Waals surface area contributed by atoms with Gasteiger partial charge in [0.25, 0.3) is 0 Å². The molecule has 1 heteroatoms. The fraction of sp³-hybridized carbons (Fsp3) is 0.520. The number of para-hydroxylation sites is 1. The molecule has 0 saturated carbocycles. The van der Waals surface area contributed by atoms with E-state index in [2.05, 4.69) is 38.1 Å². The topological polar surface area (TPSA) is 20.2 Å². The lowest BCUT2D eigenvalue weighted by atomic mass is 9.84. The van der Waals surface area contributed by atoms with Crippen molar-refractivity contribution in [1.29, 1.82) is 0 Å². The highest BCUT2D eigenvalue weighted by Crippen LogP contribution is 2.38. The maximum Gasteiger partial charge on any atom is 0.123 e. The molecule has 0 spiro atoms. The maximum absolute atomic E-state index is 10.3. The molecule has 0 aromatic heterocycles. The van der Waals surface area contributed by atoms with Gasteiger partial charge < -0.3 is 5.11 Å². The van der Waals surface area contributed by atoms with Crippen molar-refractivity contribution in [2.75, 3.05) is 0 Å². The van der Waals surface area contributed by atoms with E-state index in [1.54, 1.807) is 6.07 Å². The van der Waals surface area contributed by atoms with Crippen molar-refractivity contribution in [2.45, 2.75) is 84.0 Å². The predicted octanol–water partition coefficient (Wildman–Crippen LogP) is 8.08. The molecule has 2 aromatic rings. The Kier molecular flexibility index (Phi) is 9.31.